The van der Waals surface area contributed by atoms with Crippen LogP contribution in [0.15, 0.2) is 59.7 Å². The molecule has 0 saturated carbocycles. The number of allylic oxidation sites excluding steroid dienone is 6. The van der Waals surface area contributed by atoms with Crippen molar-refractivity contribution in [3.63, 3.8) is 0 Å². The van der Waals surface area contributed by atoms with Crippen molar-refractivity contribution in [2.24, 2.45) is 17.8 Å². The fraction of sp³-hybridized carbons (Fsp3) is 0.538. The number of hydrogen-bond acceptors (Lipinski definition) is 0. The zero-order valence-corrected chi connectivity index (χ0v) is 18.3. The fourth-order valence-electron chi connectivity index (χ4n) is 3.59. The molecule has 0 fully saturated rings. The summed E-state index contributed by atoms with van der Waals surface area (Å²) < 4.78 is 0. The quantitative estimate of drug-likeness (QED) is 0.394. The largest absolute Gasteiger partial charge is 0.0820 e. The van der Waals surface area contributed by atoms with Gasteiger partial charge in [-0.15, -0.1) is 0 Å². The molecule has 26 heavy (non-hydrogen) atoms. The van der Waals surface area contributed by atoms with Crippen molar-refractivity contribution in [3.05, 3.63) is 70.8 Å². The van der Waals surface area contributed by atoms with Crippen LogP contribution in [0.3, 0.4) is 0 Å². The lowest BCUT2D eigenvalue weighted by Gasteiger charge is -2.24. The first-order valence-corrected chi connectivity index (χ1v) is 10.3. The minimum atomic E-state index is 0.573. The summed E-state index contributed by atoms with van der Waals surface area (Å²) in [7, 11) is 0. The lowest BCUT2D eigenvalue weighted by molar-refractivity contribution is 0.457. The maximum absolute atomic E-state index is 2.35. The van der Waals surface area contributed by atoms with Gasteiger partial charge in [0.05, 0.1) is 0 Å². The highest BCUT2D eigenvalue weighted by molar-refractivity contribution is 5.34. The highest BCUT2D eigenvalue weighted by Gasteiger charge is 2.18. The molecule has 0 aliphatic rings. The second kappa shape index (κ2) is 11.2. The Labute approximate surface area is 163 Å². The zero-order valence-electron chi connectivity index (χ0n) is 18.3. The Hall–Kier alpha value is -1.56. The third kappa shape index (κ3) is 7.77. The van der Waals surface area contributed by atoms with Gasteiger partial charge in [-0.3, -0.25) is 0 Å². The van der Waals surface area contributed by atoms with Crippen LogP contribution in [-0.2, 0) is 6.42 Å². The lowest BCUT2D eigenvalue weighted by atomic mass is 9.81. The van der Waals surface area contributed by atoms with Crippen molar-refractivity contribution in [1.82, 2.24) is 0 Å². The van der Waals surface area contributed by atoms with Crippen LogP contribution in [0.25, 0.3) is 0 Å². The molecule has 0 heteroatoms. The van der Waals surface area contributed by atoms with Crippen molar-refractivity contribution >= 4 is 0 Å². The smallest absolute Gasteiger partial charge is 0.0120 e. The van der Waals surface area contributed by atoms with Gasteiger partial charge in [-0.1, -0.05) is 95.7 Å². The Morgan fingerprint density at radius 3 is 2.12 bits per heavy atom. The summed E-state index contributed by atoms with van der Waals surface area (Å²) in [5.41, 5.74) is 5.95. The van der Waals surface area contributed by atoms with Gasteiger partial charge in [0.1, 0.15) is 0 Å². The second-order valence-corrected chi connectivity index (χ2v) is 8.83. The zero-order chi connectivity index (χ0) is 19.7. The molecule has 0 amide bonds. The SMILES string of the molecule is CC(C)=C(/C=C\C=C/C(C)C)C(Cc1ccccc1C(C)C)CC(C)C. The summed E-state index contributed by atoms with van der Waals surface area (Å²) in [6, 6.07) is 9.00. The Kier molecular flexibility index (Phi) is 9.70. The van der Waals surface area contributed by atoms with Crippen molar-refractivity contribution in [3.8, 4) is 0 Å². The van der Waals surface area contributed by atoms with E-state index in [1.165, 1.54) is 28.7 Å². The van der Waals surface area contributed by atoms with Crippen molar-refractivity contribution in [2.75, 3.05) is 0 Å². The standard InChI is InChI=1S/C26H40/c1-19(2)13-9-11-16-26(22(7)8)24(17-20(3)4)18-23-14-10-12-15-25(23)21(5)6/h9-16,19-21,24H,17-18H2,1-8H3/b13-9-,16-11-. The van der Waals surface area contributed by atoms with Crippen LogP contribution in [0.5, 0.6) is 0 Å². The van der Waals surface area contributed by atoms with Crippen LogP contribution in [0.1, 0.15) is 78.9 Å². The van der Waals surface area contributed by atoms with Crippen LogP contribution in [0.2, 0.25) is 0 Å². The summed E-state index contributed by atoms with van der Waals surface area (Å²) in [5, 5.41) is 0. The van der Waals surface area contributed by atoms with E-state index in [4.69, 9.17) is 0 Å². The van der Waals surface area contributed by atoms with Crippen LogP contribution >= 0.6 is 0 Å². The average molecular weight is 353 g/mol. The predicted octanol–water partition coefficient (Wildman–Crippen LogP) is 8.12. The van der Waals surface area contributed by atoms with E-state index in [1.807, 2.05) is 0 Å². The summed E-state index contributed by atoms with van der Waals surface area (Å²) >= 11 is 0. The molecule has 0 spiro atoms. The van der Waals surface area contributed by atoms with E-state index < -0.39 is 0 Å². The first kappa shape index (κ1) is 22.5. The molecule has 0 bridgehead atoms. The maximum atomic E-state index is 2.35. The van der Waals surface area contributed by atoms with Crippen LogP contribution < -0.4 is 0 Å². The van der Waals surface area contributed by atoms with E-state index in [0.717, 1.165) is 6.42 Å². The summed E-state index contributed by atoms with van der Waals surface area (Å²) in [5.74, 6) is 2.44. The summed E-state index contributed by atoms with van der Waals surface area (Å²) in [6.45, 7) is 18.2. The Balaban J connectivity index is 3.16. The van der Waals surface area contributed by atoms with E-state index in [0.29, 0.717) is 23.7 Å². The van der Waals surface area contributed by atoms with Gasteiger partial charge in [-0.25, -0.2) is 0 Å². The second-order valence-electron chi connectivity index (χ2n) is 8.83. The van der Waals surface area contributed by atoms with E-state index in [9.17, 15) is 0 Å². The van der Waals surface area contributed by atoms with Gasteiger partial charge >= 0.3 is 0 Å². The van der Waals surface area contributed by atoms with Gasteiger partial charge in [-0.2, -0.15) is 0 Å². The van der Waals surface area contributed by atoms with Crippen LogP contribution in [-0.4, -0.2) is 0 Å². The fourth-order valence-corrected chi connectivity index (χ4v) is 3.59. The number of hydrogen-bond donors (Lipinski definition) is 0. The molecule has 0 aromatic heterocycles. The van der Waals surface area contributed by atoms with Crippen LogP contribution in [0.4, 0.5) is 0 Å². The van der Waals surface area contributed by atoms with E-state index >= 15 is 0 Å². The molecule has 1 unspecified atom stereocenters. The van der Waals surface area contributed by atoms with E-state index in [-0.39, 0.29) is 0 Å². The van der Waals surface area contributed by atoms with Crippen molar-refractivity contribution < 1.29 is 0 Å². The molecule has 0 heterocycles. The molecule has 1 aromatic carbocycles. The van der Waals surface area contributed by atoms with Gasteiger partial charge in [0.25, 0.3) is 0 Å². The summed E-state index contributed by atoms with van der Waals surface area (Å²) in [4.78, 5) is 0. The van der Waals surface area contributed by atoms with Crippen molar-refractivity contribution in [2.45, 2.75) is 74.1 Å². The molecular formula is C26H40. The molecule has 0 N–H and O–H groups in total. The normalized spacial score (nSPS) is 13.5. The van der Waals surface area contributed by atoms with Gasteiger partial charge in [0.15, 0.2) is 0 Å². The molecule has 1 atom stereocenters. The Morgan fingerprint density at radius 1 is 0.923 bits per heavy atom. The van der Waals surface area contributed by atoms with Gasteiger partial charge in [0.2, 0.25) is 0 Å². The molecular weight excluding hydrogens is 312 g/mol. The van der Waals surface area contributed by atoms with Gasteiger partial charge in [0, 0.05) is 0 Å². The monoisotopic (exact) mass is 352 g/mol. The van der Waals surface area contributed by atoms with E-state index in [1.54, 1.807) is 0 Å². The minimum absolute atomic E-state index is 0.573. The average Bonchev–Trinajstić information content (AvgIpc) is 2.53. The first-order valence-electron chi connectivity index (χ1n) is 10.3. The molecule has 0 aliphatic carbocycles. The van der Waals surface area contributed by atoms with Gasteiger partial charge in [-0.05, 0) is 67.1 Å². The van der Waals surface area contributed by atoms with E-state index in [2.05, 4.69) is 104 Å². The lowest BCUT2D eigenvalue weighted by Crippen LogP contribution is -2.13. The topological polar surface area (TPSA) is 0 Å². The van der Waals surface area contributed by atoms with Crippen molar-refractivity contribution in [1.29, 1.82) is 0 Å². The molecule has 0 nitrogen and oxygen atoms in total. The Morgan fingerprint density at radius 2 is 1.58 bits per heavy atom. The third-order valence-electron chi connectivity index (χ3n) is 4.80. The molecule has 0 aliphatic heterocycles. The molecule has 0 saturated heterocycles. The number of benzene rings is 1. The first-order chi connectivity index (χ1) is 12.2. The highest BCUT2D eigenvalue weighted by atomic mass is 14.2. The minimum Gasteiger partial charge on any atom is -0.0820 e. The molecule has 144 valence electrons. The summed E-state index contributed by atoms with van der Waals surface area (Å²) in [6.07, 6.45) is 11.4. The Bertz CT molecular complexity index is 619. The predicted molar refractivity (Wildman–Crippen MR) is 119 cm³/mol. The van der Waals surface area contributed by atoms with Crippen LogP contribution in [0, 0.1) is 17.8 Å². The molecule has 0 radical (unpaired) electrons. The highest BCUT2D eigenvalue weighted by Crippen LogP contribution is 2.30. The van der Waals surface area contributed by atoms with Gasteiger partial charge < -0.3 is 0 Å². The molecule has 1 aromatic rings. The third-order valence-corrected chi connectivity index (χ3v) is 4.80. The number of rotatable bonds is 9. The maximum Gasteiger partial charge on any atom is -0.0120 e. The molecule has 1 rings (SSSR count).